The Balaban J connectivity index is 1.77. The van der Waals surface area contributed by atoms with Gasteiger partial charge in [0.15, 0.2) is 0 Å². The average molecular weight is 322 g/mol. The van der Waals surface area contributed by atoms with Crippen LogP contribution in [0, 0.1) is 0 Å². The van der Waals surface area contributed by atoms with Gasteiger partial charge in [0.05, 0.1) is 5.92 Å². The van der Waals surface area contributed by atoms with Gasteiger partial charge >= 0.3 is 0 Å². The van der Waals surface area contributed by atoms with Gasteiger partial charge in [0.1, 0.15) is 0 Å². The average Bonchev–Trinajstić information content (AvgIpc) is 3.02. The largest absolute Gasteiger partial charge is 0.340 e. The maximum absolute atomic E-state index is 13.1. The molecule has 3 atom stereocenters. The van der Waals surface area contributed by atoms with E-state index in [1.54, 1.807) is 0 Å². The SMILES string of the molecule is CCCC(C(=O)N1C[C@@H](N)[C@H](c2ccccc2)C1)c1ccccc1. The highest BCUT2D eigenvalue weighted by atomic mass is 16.2. The first-order valence-electron chi connectivity index (χ1n) is 8.85. The highest BCUT2D eigenvalue weighted by Gasteiger charge is 2.36. The van der Waals surface area contributed by atoms with E-state index < -0.39 is 0 Å². The topological polar surface area (TPSA) is 46.3 Å². The summed E-state index contributed by atoms with van der Waals surface area (Å²) in [4.78, 5) is 15.1. The summed E-state index contributed by atoms with van der Waals surface area (Å²) in [5, 5.41) is 0. The molecule has 1 unspecified atom stereocenters. The fraction of sp³-hybridized carbons (Fsp3) is 0.381. The molecule has 0 bridgehead atoms. The van der Waals surface area contributed by atoms with Gasteiger partial charge < -0.3 is 10.6 Å². The number of likely N-dealkylation sites (tertiary alicyclic amines) is 1. The quantitative estimate of drug-likeness (QED) is 0.915. The van der Waals surface area contributed by atoms with Crippen LogP contribution in [0.2, 0.25) is 0 Å². The van der Waals surface area contributed by atoms with Crippen molar-refractivity contribution in [2.45, 2.75) is 37.6 Å². The van der Waals surface area contributed by atoms with Crippen molar-refractivity contribution in [1.82, 2.24) is 4.90 Å². The van der Waals surface area contributed by atoms with E-state index in [9.17, 15) is 4.79 Å². The van der Waals surface area contributed by atoms with E-state index >= 15 is 0 Å². The molecule has 1 saturated heterocycles. The third-order valence-corrected chi connectivity index (χ3v) is 4.98. The van der Waals surface area contributed by atoms with Gasteiger partial charge in [-0.15, -0.1) is 0 Å². The van der Waals surface area contributed by atoms with Crippen LogP contribution in [-0.4, -0.2) is 29.9 Å². The molecule has 0 aromatic heterocycles. The predicted molar refractivity (Wildman–Crippen MR) is 97.8 cm³/mol. The van der Waals surface area contributed by atoms with Gasteiger partial charge in [0.25, 0.3) is 0 Å². The molecule has 2 aromatic rings. The molecule has 3 nitrogen and oxygen atoms in total. The van der Waals surface area contributed by atoms with Crippen LogP contribution in [0.4, 0.5) is 0 Å². The van der Waals surface area contributed by atoms with Gasteiger partial charge in [-0.3, -0.25) is 4.79 Å². The lowest BCUT2D eigenvalue weighted by Gasteiger charge is -2.23. The first-order valence-corrected chi connectivity index (χ1v) is 8.85. The van der Waals surface area contributed by atoms with E-state index in [4.69, 9.17) is 5.73 Å². The fourth-order valence-corrected chi connectivity index (χ4v) is 3.69. The van der Waals surface area contributed by atoms with Crippen LogP contribution in [0.5, 0.6) is 0 Å². The number of benzene rings is 2. The van der Waals surface area contributed by atoms with Crippen molar-refractivity contribution in [3.8, 4) is 0 Å². The maximum Gasteiger partial charge on any atom is 0.230 e. The van der Waals surface area contributed by atoms with Gasteiger partial charge in [-0.1, -0.05) is 74.0 Å². The Hall–Kier alpha value is -2.13. The minimum atomic E-state index is -0.0575. The predicted octanol–water partition coefficient (Wildman–Crippen LogP) is 3.52. The van der Waals surface area contributed by atoms with Crippen LogP contribution in [0.25, 0.3) is 0 Å². The van der Waals surface area contributed by atoms with Crippen molar-refractivity contribution in [1.29, 1.82) is 0 Å². The van der Waals surface area contributed by atoms with E-state index in [1.165, 1.54) is 5.56 Å². The monoisotopic (exact) mass is 322 g/mol. The van der Waals surface area contributed by atoms with Crippen LogP contribution in [0.3, 0.4) is 0 Å². The van der Waals surface area contributed by atoms with Crippen molar-refractivity contribution in [2.75, 3.05) is 13.1 Å². The van der Waals surface area contributed by atoms with Gasteiger partial charge in [-0.05, 0) is 17.5 Å². The zero-order valence-electron chi connectivity index (χ0n) is 14.3. The standard InChI is InChI=1S/C21H26N2O/c1-2-9-18(16-10-5-3-6-11-16)21(24)23-14-19(20(22)15-23)17-12-7-4-8-13-17/h3-8,10-13,18-20H,2,9,14-15,22H2,1H3/t18?,19-,20+/m0/s1. The Morgan fingerprint density at radius 2 is 1.71 bits per heavy atom. The number of amides is 1. The summed E-state index contributed by atoms with van der Waals surface area (Å²) >= 11 is 0. The molecule has 0 saturated carbocycles. The first kappa shape index (κ1) is 16.7. The molecule has 2 aromatic carbocycles. The fourth-order valence-electron chi connectivity index (χ4n) is 3.69. The Bertz CT molecular complexity index is 656. The van der Waals surface area contributed by atoms with Crippen molar-refractivity contribution < 1.29 is 4.79 Å². The summed E-state index contributed by atoms with van der Waals surface area (Å²) in [5.74, 6) is 0.392. The second kappa shape index (κ2) is 7.63. The van der Waals surface area contributed by atoms with Crippen LogP contribution in [0.1, 0.15) is 42.7 Å². The molecule has 0 aliphatic carbocycles. The summed E-state index contributed by atoms with van der Waals surface area (Å²) in [6, 6.07) is 20.4. The molecule has 1 fully saturated rings. The number of nitrogens with two attached hydrogens (primary N) is 1. The zero-order chi connectivity index (χ0) is 16.9. The Labute approximate surface area is 144 Å². The van der Waals surface area contributed by atoms with Gasteiger partial charge in [-0.25, -0.2) is 0 Å². The molecule has 1 aliphatic heterocycles. The molecule has 1 heterocycles. The van der Waals surface area contributed by atoms with Crippen LogP contribution in [-0.2, 0) is 4.79 Å². The van der Waals surface area contributed by atoms with E-state index in [1.807, 2.05) is 41.3 Å². The molecule has 0 spiro atoms. The Kier molecular flexibility index (Phi) is 5.31. The maximum atomic E-state index is 13.1. The number of hydrogen-bond donors (Lipinski definition) is 1. The molecule has 0 radical (unpaired) electrons. The summed E-state index contributed by atoms with van der Waals surface area (Å²) in [7, 11) is 0. The molecule has 1 aliphatic rings. The van der Waals surface area contributed by atoms with Gasteiger partial charge in [0, 0.05) is 25.0 Å². The summed E-state index contributed by atoms with van der Waals surface area (Å²) in [6.45, 7) is 3.49. The van der Waals surface area contributed by atoms with Crippen molar-refractivity contribution in [3.63, 3.8) is 0 Å². The minimum absolute atomic E-state index is 0.00870. The lowest BCUT2D eigenvalue weighted by molar-refractivity contribution is -0.132. The molecule has 126 valence electrons. The van der Waals surface area contributed by atoms with Gasteiger partial charge in [-0.2, -0.15) is 0 Å². The van der Waals surface area contributed by atoms with Crippen LogP contribution >= 0.6 is 0 Å². The molecular weight excluding hydrogens is 296 g/mol. The molecule has 2 N–H and O–H groups in total. The summed E-state index contributed by atoms with van der Waals surface area (Å²) in [6.07, 6.45) is 1.87. The van der Waals surface area contributed by atoms with Crippen LogP contribution in [0.15, 0.2) is 60.7 Å². The molecular formula is C21H26N2O. The van der Waals surface area contributed by atoms with Crippen molar-refractivity contribution in [3.05, 3.63) is 71.8 Å². The number of rotatable bonds is 5. The third-order valence-electron chi connectivity index (χ3n) is 4.98. The lowest BCUT2D eigenvalue weighted by atomic mass is 9.93. The number of carbonyl (C=O) groups excluding carboxylic acids is 1. The highest BCUT2D eigenvalue weighted by Crippen LogP contribution is 2.30. The zero-order valence-corrected chi connectivity index (χ0v) is 14.3. The minimum Gasteiger partial charge on any atom is -0.340 e. The van der Waals surface area contributed by atoms with E-state index in [2.05, 4.69) is 31.2 Å². The Morgan fingerprint density at radius 1 is 1.08 bits per heavy atom. The highest BCUT2D eigenvalue weighted by molar-refractivity contribution is 5.84. The summed E-state index contributed by atoms with van der Waals surface area (Å²) in [5.41, 5.74) is 8.70. The smallest absolute Gasteiger partial charge is 0.230 e. The lowest BCUT2D eigenvalue weighted by Crippen LogP contribution is -2.35. The third kappa shape index (κ3) is 3.51. The second-order valence-corrected chi connectivity index (χ2v) is 6.68. The molecule has 3 heteroatoms. The van der Waals surface area contributed by atoms with Gasteiger partial charge in [0.2, 0.25) is 5.91 Å². The van der Waals surface area contributed by atoms with Crippen molar-refractivity contribution in [2.24, 2.45) is 5.73 Å². The number of carbonyl (C=O) groups is 1. The Morgan fingerprint density at radius 3 is 2.33 bits per heavy atom. The number of hydrogen-bond acceptors (Lipinski definition) is 2. The van der Waals surface area contributed by atoms with Crippen molar-refractivity contribution >= 4 is 5.91 Å². The molecule has 1 amide bonds. The second-order valence-electron chi connectivity index (χ2n) is 6.68. The van der Waals surface area contributed by atoms with E-state index in [0.717, 1.165) is 24.9 Å². The summed E-state index contributed by atoms with van der Waals surface area (Å²) < 4.78 is 0. The molecule has 24 heavy (non-hydrogen) atoms. The first-order chi connectivity index (χ1) is 11.7. The van der Waals surface area contributed by atoms with E-state index in [0.29, 0.717) is 6.54 Å². The normalized spacial score (nSPS) is 21.7. The van der Waals surface area contributed by atoms with Crippen LogP contribution < -0.4 is 5.73 Å². The molecule has 3 rings (SSSR count). The number of nitrogens with zero attached hydrogens (tertiary/aromatic N) is 1. The van der Waals surface area contributed by atoms with E-state index in [-0.39, 0.29) is 23.8 Å².